The lowest BCUT2D eigenvalue weighted by molar-refractivity contribution is 0.637. The lowest BCUT2D eigenvalue weighted by atomic mass is 9.90. The standard InChI is InChI=1S/C17H17N3/c1-3-11-9-14-12-5-6-18-10-15(12)19-16(14)13-4-2-8-20(7-1)17(11)13/h5-6,9-10,19H,1-4,7-8H2. The van der Waals surface area contributed by atoms with Crippen LogP contribution in [0.1, 0.15) is 24.0 Å². The highest BCUT2D eigenvalue weighted by atomic mass is 15.1. The molecule has 2 aliphatic heterocycles. The molecule has 0 fully saturated rings. The van der Waals surface area contributed by atoms with Gasteiger partial charge in [0.2, 0.25) is 0 Å². The molecule has 0 amide bonds. The van der Waals surface area contributed by atoms with Gasteiger partial charge in [0.1, 0.15) is 0 Å². The molecule has 3 nitrogen and oxygen atoms in total. The fourth-order valence-electron chi connectivity index (χ4n) is 4.08. The first-order chi connectivity index (χ1) is 9.92. The molecule has 0 aliphatic carbocycles. The number of aromatic amines is 1. The van der Waals surface area contributed by atoms with Crippen LogP contribution in [0.25, 0.3) is 21.8 Å². The molecule has 20 heavy (non-hydrogen) atoms. The van der Waals surface area contributed by atoms with Gasteiger partial charge in [-0.2, -0.15) is 0 Å². The van der Waals surface area contributed by atoms with E-state index in [4.69, 9.17) is 0 Å². The highest BCUT2D eigenvalue weighted by Crippen LogP contribution is 2.41. The van der Waals surface area contributed by atoms with Crippen molar-refractivity contribution in [2.24, 2.45) is 0 Å². The normalized spacial score (nSPS) is 17.7. The average molecular weight is 263 g/mol. The van der Waals surface area contributed by atoms with Crippen LogP contribution in [0.15, 0.2) is 24.5 Å². The third-order valence-corrected chi connectivity index (χ3v) is 4.90. The molecule has 0 unspecified atom stereocenters. The molecular formula is C17H17N3. The number of anilines is 1. The van der Waals surface area contributed by atoms with E-state index in [1.165, 1.54) is 66.3 Å². The Labute approximate surface area is 117 Å². The Morgan fingerprint density at radius 1 is 1.10 bits per heavy atom. The van der Waals surface area contributed by atoms with Crippen LogP contribution >= 0.6 is 0 Å². The van der Waals surface area contributed by atoms with Gasteiger partial charge >= 0.3 is 0 Å². The van der Waals surface area contributed by atoms with E-state index in [1.807, 2.05) is 12.4 Å². The molecule has 0 radical (unpaired) electrons. The number of nitrogens with zero attached hydrogens (tertiary/aromatic N) is 2. The van der Waals surface area contributed by atoms with E-state index in [2.05, 4.69) is 27.0 Å². The smallest absolute Gasteiger partial charge is 0.0651 e. The summed E-state index contributed by atoms with van der Waals surface area (Å²) in [5.41, 5.74) is 7.14. The van der Waals surface area contributed by atoms with E-state index in [-0.39, 0.29) is 0 Å². The molecule has 2 aliphatic rings. The molecule has 100 valence electrons. The molecule has 0 atom stereocenters. The third kappa shape index (κ3) is 1.28. The summed E-state index contributed by atoms with van der Waals surface area (Å²) in [6.45, 7) is 2.46. The van der Waals surface area contributed by atoms with Gasteiger partial charge in [-0.1, -0.05) is 0 Å². The fourth-order valence-corrected chi connectivity index (χ4v) is 4.08. The van der Waals surface area contributed by atoms with Crippen molar-refractivity contribution >= 4 is 27.5 Å². The molecular weight excluding hydrogens is 246 g/mol. The molecule has 1 N–H and O–H groups in total. The number of benzene rings is 1. The number of nitrogens with one attached hydrogen (secondary N) is 1. The number of aryl methyl sites for hydroxylation is 2. The summed E-state index contributed by atoms with van der Waals surface area (Å²) < 4.78 is 0. The topological polar surface area (TPSA) is 31.9 Å². The maximum atomic E-state index is 4.25. The fraction of sp³-hybridized carbons (Fsp3) is 0.353. The zero-order chi connectivity index (χ0) is 13.1. The molecule has 5 rings (SSSR count). The Hall–Kier alpha value is -2.03. The number of aromatic nitrogens is 2. The molecule has 4 heterocycles. The second-order valence-electron chi connectivity index (χ2n) is 6.03. The zero-order valence-corrected chi connectivity index (χ0v) is 11.4. The average Bonchev–Trinajstić information content (AvgIpc) is 2.87. The van der Waals surface area contributed by atoms with Gasteiger partial charge in [-0.25, -0.2) is 0 Å². The maximum Gasteiger partial charge on any atom is 0.0651 e. The Morgan fingerprint density at radius 3 is 2.95 bits per heavy atom. The summed E-state index contributed by atoms with van der Waals surface area (Å²) in [5, 5.41) is 2.71. The van der Waals surface area contributed by atoms with E-state index < -0.39 is 0 Å². The Morgan fingerprint density at radius 2 is 2.00 bits per heavy atom. The second-order valence-corrected chi connectivity index (χ2v) is 6.03. The van der Waals surface area contributed by atoms with Crippen molar-refractivity contribution in [3.63, 3.8) is 0 Å². The van der Waals surface area contributed by atoms with Crippen LogP contribution in [-0.2, 0) is 12.8 Å². The predicted octanol–water partition coefficient (Wildman–Crippen LogP) is 3.41. The van der Waals surface area contributed by atoms with Crippen molar-refractivity contribution in [1.82, 2.24) is 9.97 Å². The quantitative estimate of drug-likeness (QED) is 0.674. The van der Waals surface area contributed by atoms with E-state index >= 15 is 0 Å². The minimum atomic E-state index is 1.17. The highest BCUT2D eigenvalue weighted by Gasteiger charge is 2.26. The van der Waals surface area contributed by atoms with Gasteiger partial charge in [0.15, 0.2) is 0 Å². The van der Waals surface area contributed by atoms with Gasteiger partial charge in [0.25, 0.3) is 0 Å². The Bertz CT molecular complexity index is 829. The molecule has 2 aromatic heterocycles. The van der Waals surface area contributed by atoms with Crippen molar-refractivity contribution in [2.75, 3.05) is 18.0 Å². The van der Waals surface area contributed by atoms with Crippen LogP contribution in [-0.4, -0.2) is 23.1 Å². The summed E-state index contributed by atoms with van der Waals surface area (Å²) >= 11 is 0. The van der Waals surface area contributed by atoms with E-state index in [1.54, 1.807) is 11.1 Å². The molecule has 0 spiro atoms. The zero-order valence-electron chi connectivity index (χ0n) is 11.4. The summed E-state index contributed by atoms with van der Waals surface area (Å²) in [5.74, 6) is 0. The largest absolute Gasteiger partial charge is 0.371 e. The van der Waals surface area contributed by atoms with Crippen molar-refractivity contribution in [2.45, 2.75) is 25.7 Å². The van der Waals surface area contributed by atoms with Crippen molar-refractivity contribution in [1.29, 1.82) is 0 Å². The van der Waals surface area contributed by atoms with Crippen LogP contribution in [0.5, 0.6) is 0 Å². The summed E-state index contributed by atoms with van der Waals surface area (Å²) in [7, 11) is 0. The van der Waals surface area contributed by atoms with Crippen LogP contribution in [0.4, 0.5) is 5.69 Å². The number of pyridine rings is 1. The number of rotatable bonds is 0. The molecule has 3 heteroatoms. The minimum absolute atomic E-state index is 1.17. The van der Waals surface area contributed by atoms with Crippen molar-refractivity contribution in [3.8, 4) is 0 Å². The van der Waals surface area contributed by atoms with Crippen LogP contribution in [0.3, 0.4) is 0 Å². The first kappa shape index (κ1) is 10.7. The third-order valence-electron chi connectivity index (χ3n) is 4.90. The molecule has 3 aromatic rings. The summed E-state index contributed by atoms with van der Waals surface area (Å²) in [6.07, 6.45) is 8.85. The van der Waals surface area contributed by atoms with Crippen molar-refractivity contribution in [3.05, 3.63) is 35.7 Å². The summed E-state index contributed by atoms with van der Waals surface area (Å²) in [4.78, 5) is 10.5. The van der Waals surface area contributed by atoms with Crippen molar-refractivity contribution < 1.29 is 0 Å². The SMILES string of the molecule is c1cc2c(cn1)[nH]c1c3c4c(cc12)CCCN4CCC3. The lowest BCUT2D eigenvalue weighted by Gasteiger charge is -2.37. The predicted molar refractivity (Wildman–Crippen MR) is 82.5 cm³/mol. The van der Waals surface area contributed by atoms with Gasteiger partial charge in [0, 0.05) is 35.7 Å². The first-order valence-corrected chi connectivity index (χ1v) is 7.57. The first-order valence-electron chi connectivity index (χ1n) is 7.57. The van der Waals surface area contributed by atoms with Crippen LogP contribution in [0, 0.1) is 0 Å². The Kier molecular flexibility index (Phi) is 2.01. The number of H-pyrrole nitrogens is 1. The van der Waals surface area contributed by atoms with Gasteiger partial charge in [-0.3, -0.25) is 4.98 Å². The van der Waals surface area contributed by atoms with E-state index in [0.717, 1.165) is 0 Å². The second kappa shape index (κ2) is 3.75. The highest BCUT2D eigenvalue weighted by molar-refractivity contribution is 6.10. The maximum absolute atomic E-state index is 4.25. The van der Waals surface area contributed by atoms with Gasteiger partial charge in [-0.15, -0.1) is 0 Å². The number of hydrogen-bond acceptors (Lipinski definition) is 2. The molecule has 1 aromatic carbocycles. The van der Waals surface area contributed by atoms with Crippen LogP contribution < -0.4 is 4.90 Å². The van der Waals surface area contributed by atoms with Gasteiger partial charge in [0.05, 0.1) is 17.2 Å². The van der Waals surface area contributed by atoms with Crippen LogP contribution in [0.2, 0.25) is 0 Å². The number of fused-ring (bicyclic) bond motifs is 4. The van der Waals surface area contributed by atoms with Gasteiger partial charge in [-0.05, 0) is 48.9 Å². The van der Waals surface area contributed by atoms with Gasteiger partial charge < -0.3 is 9.88 Å². The number of hydrogen-bond donors (Lipinski definition) is 1. The Balaban J connectivity index is 1.96. The summed E-state index contributed by atoms with van der Waals surface area (Å²) in [6, 6.07) is 4.56. The van der Waals surface area contributed by atoms with E-state index in [9.17, 15) is 0 Å². The molecule has 0 bridgehead atoms. The molecule has 0 saturated heterocycles. The molecule has 0 saturated carbocycles. The lowest BCUT2D eigenvalue weighted by Crippen LogP contribution is -2.34. The monoisotopic (exact) mass is 263 g/mol. The minimum Gasteiger partial charge on any atom is -0.371 e. The van der Waals surface area contributed by atoms with E-state index in [0.29, 0.717) is 0 Å².